The van der Waals surface area contributed by atoms with Gasteiger partial charge < -0.3 is 20.3 Å². The Hall–Kier alpha value is -2.21. The number of carbonyl (C=O) groups excluding carboxylic acids is 1. The first-order chi connectivity index (χ1) is 11.8. The van der Waals surface area contributed by atoms with Crippen LogP contribution in [-0.2, 0) is 17.8 Å². The van der Waals surface area contributed by atoms with Gasteiger partial charge in [0.15, 0.2) is 0 Å². The molecule has 0 saturated heterocycles. The van der Waals surface area contributed by atoms with E-state index in [0.29, 0.717) is 31.0 Å². The Kier molecular flexibility index (Phi) is 4.90. The highest BCUT2D eigenvalue weighted by Gasteiger charge is 2.27. The molecule has 1 aromatic carbocycles. The summed E-state index contributed by atoms with van der Waals surface area (Å²) in [7, 11) is 0. The van der Waals surface area contributed by atoms with E-state index in [1.54, 1.807) is 4.90 Å². The second-order valence-corrected chi connectivity index (χ2v) is 7.35. The zero-order valence-corrected chi connectivity index (χ0v) is 15.1. The van der Waals surface area contributed by atoms with Crippen LogP contribution in [0.5, 0.6) is 0 Å². The van der Waals surface area contributed by atoms with E-state index in [4.69, 9.17) is 11.6 Å². The van der Waals surface area contributed by atoms with Gasteiger partial charge in [-0.1, -0.05) is 25.4 Å². The van der Waals surface area contributed by atoms with E-state index in [9.17, 15) is 14.7 Å². The third-order valence-electron chi connectivity index (χ3n) is 4.53. The molecule has 0 saturated carbocycles. The first-order valence-electron chi connectivity index (χ1n) is 8.42. The van der Waals surface area contributed by atoms with Gasteiger partial charge in [-0.15, -0.1) is 0 Å². The summed E-state index contributed by atoms with van der Waals surface area (Å²) < 4.78 is 0. The summed E-state index contributed by atoms with van der Waals surface area (Å²) in [5.41, 5.74) is 3.16. The first-order valence-corrected chi connectivity index (χ1v) is 8.80. The fraction of sp³-hybridized carbons (Fsp3) is 0.444. The smallest absolute Gasteiger partial charge is 0.326 e. The Morgan fingerprint density at radius 2 is 2.16 bits per heavy atom. The van der Waals surface area contributed by atoms with E-state index in [0.717, 1.165) is 16.6 Å². The molecular formula is C18H22ClN3O3. The average molecular weight is 364 g/mol. The van der Waals surface area contributed by atoms with Gasteiger partial charge in [0.2, 0.25) is 0 Å². The standard InChI is InChI=1S/C18H22ClN3O3/c1-10(2)7-15(17(23)24)21-18(25)22-6-5-12-13-8-11(19)3-4-14(13)20-16(12)9-22/h3-4,8,10,15,20H,5-7,9H2,1-2H3,(H,21,25)(H,23,24)/t15-/m1/s1. The molecule has 2 aromatic rings. The van der Waals surface area contributed by atoms with Crippen molar-refractivity contribution < 1.29 is 14.7 Å². The predicted octanol–water partition coefficient (Wildman–Crippen LogP) is 3.39. The van der Waals surface area contributed by atoms with E-state index in [-0.39, 0.29) is 11.9 Å². The van der Waals surface area contributed by atoms with Crippen molar-refractivity contribution in [2.45, 2.75) is 39.3 Å². The molecule has 3 N–H and O–H groups in total. The van der Waals surface area contributed by atoms with Crippen molar-refractivity contribution in [3.8, 4) is 0 Å². The van der Waals surface area contributed by atoms with Crippen molar-refractivity contribution in [1.29, 1.82) is 0 Å². The normalized spacial score (nSPS) is 15.3. The van der Waals surface area contributed by atoms with E-state index in [1.165, 1.54) is 5.56 Å². The highest BCUT2D eigenvalue weighted by atomic mass is 35.5. The quantitative estimate of drug-likeness (QED) is 0.778. The van der Waals surface area contributed by atoms with Crippen LogP contribution in [0.15, 0.2) is 18.2 Å². The van der Waals surface area contributed by atoms with Crippen LogP contribution in [-0.4, -0.2) is 39.6 Å². The molecule has 3 rings (SSSR count). The molecule has 0 aliphatic carbocycles. The largest absolute Gasteiger partial charge is 0.480 e. The summed E-state index contributed by atoms with van der Waals surface area (Å²) in [5.74, 6) is -0.812. The topological polar surface area (TPSA) is 85.4 Å². The monoisotopic (exact) mass is 363 g/mol. The molecule has 1 aromatic heterocycles. The number of hydrogen-bond acceptors (Lipinski definition) is 2. The van der Waals surface area contributed by atoms with Gasteiger partial charge in [0.25, 0.3) is 0 Å². The van der Waals surface area contributed by atoms with Crippen LogP contribution in [0.4, 0.5) is 4.79 Å². The molecule has 2 heterocycles. The lowest BCUT2D eigenvalue weighted by Crippen LogP contribution is -2.49. The number of aromatic nitrogens is 1. The van der Waals surface area contributed by atoms with Crippen LogP contribution in [0.3, 0.4) is 0 Å². The summed E-state index contributed by atoms with van der Waals surface area (Å²) >= 11 is 6.08. The number of H-pyrrole nitrogens is 1. The van der Waals surface area contributed by atoms with E-state index < -0.39 is 12.0 Å². The van der Waals surface area contributed by atoms with Gasteiger partial charge in [0.1, 0.15) is 6.04 Å². The first kappa shape index (κ1) is 17.6. The maximum Gasteiger partial charge on any atom is 0.326 e. The van der Waals surface area contributed by atoms with Gasteiger partial charge in [0, 0.05) is 28.2 Å². The number of benzene rings is 1. The van der Waals surface area contributed by atoms with Gasteiger partial charge in [-0.05, 0) is 42.5 Å². The van der Waals surface area contributed by atoms with Crippen molar-refractivity contribution in [3.05, 3.63) is 34.5 Å². The Morgan fingerprint density at radius 1 is 1.40 bits per heavy atom. The van der Waals surface area contributed by atoms with Crippen LogP contribution in [0.2, 0.25) is 5.02 Å². The molecule has 134 valence electrons. The third kappa shape index (κ3) is 3.74. The molecule has 0 bridgehead atoms. The van der Waals surface area contributed by atoms with Gasteiger partial charge in [-0.3, -0.25) is 0 Å². The molecule has 1 aliphatic rings. The molecule has 0 unspecified atom stereocenters. The minimum absolute atomic E-state index is 0.188. The summed E-state index contributed by atoms with van der Waals surface area (Å²) in [6, 6.07) is 4.50. The van der Waals surface area contributed by atoms with Gasteiger partial charge in [0.05, 0.1) is 6.54 Å². The summed E-state index contributed by atoms with van der Waals surface area (Å²) in [5, 5.41) is 13.7. The van der Waals surface area contributed by atoms with Crippen molar-refractivity contribution in [2.24, 2.45) is 5.92 Å². The average Bonchev–Trinajstić information content (AvgIpc) is 2.90. The SMILES string of the molecule is CC(C)C[C@@H](NC(=O)N1CCc2c([nH]c3ccc(Cl)cc23)C1)C(=O)O. The second kappa shape index (κ2) is 6.96. The van der Waals surface area contributed by atoms with Crippen LogP contribution in [0, 0.1) is 5.92 Å². The highest BCUT2D eigenvalue weighted by molar-refractivity contribution is 6.31. The van der Waals surface area contributed by atoms with Crippen LogP contribution >= 0.6 is 11.6 Å². The van der Waals surface area contributed by atoms with Crippen molar-refractivity contribution in [2.75, 3.05) is 6.54 Å². The van der Waals surface area contributed by atoms with Gasteiger partial charge in [-0.2, -0.15) is 0 Å². The molecule has 7 heteroatoms. The number of aromatic amines is 1. The van der Waals surface area contributed by atoms with Crippen LogP contribution in [0.1, 0.15) is 31.5 Å². The number of carbonyl (C=O) groups is 2. The molecule has 6 nitrogen and oxygen atoms in total. The number of amides is 2. The maximum atomic E-state index is 12.5. The zero-order chi connectivity index (χ0) is 18.1. The molecule has 0 spiro atoms. The Bertz CT molecular complexity index is 815. The minimum atomic E-state index is -1.000. The number of carboxylic acids is 1. The number of fused-ring (bicyclic) bond motifs is 3. The molecule has 25 heavy (non-hydrogen) atoms. The number of nitrogens with zero attached hydrogens (tertiary/aromatic N) is 1. The lowest BCUT2D eigenvalue weighted by atomic mass is 10.0. The molecule has 1 aliphatic heterocycles. The Balaban J connectivity index is 1.74. The number of halogens is 1. The number of nitrogens with one attached hydrogen (secondary N) is 2. The lowest BCUT2D eigenvalue weighted by Gasteiger charge is -2.29. The molecular weight excluding hydrogens is 342 g/mol. The van der Waals surface area contributed by atoms with Gasteiger partial charge in [-0.25, -0.2) is 9.59 Å². The van der Waals surface area contributed by atoms with Crippen molar-refractivity contribution in [3.63, 3.8) is 0 Å². The lowest BCUT2D eigenvalue weighted by molar-refractivity contribution is -0.139. The van der Waals surface area contributed by atoms with Crippen molar-refractivity contribution >= 4 is 34.5 Å². The zero-order valence-electron chi connectivity index (χ0n) is 14.3. The van der Waals surface area contributed by atoms with E-state index >= 15 is 0 Å². The van der Waals surface area contributed by atoms with Gasteiger partial charge >= 0.3 is 12.0 Å². The Labute approximate surface area is 151 Å². The summed E-state index contributed by atoms with van der Waals surface area (Å²) in [4.78, 5) is 28.8. The van der Waals surface area contributed by atoms with E-state index in [2.05, 4.69) is 10.3 Å². The summed E-state index contributed by atoms with van der Waals surface area (Å²) in [6.07, 6.45) is 1.12. The molecule has 2 amide bonds. The number of rotatable bonds is 4. The highest BCUT2D eigenvalue weighted by Crippen LogP contribution is 2.29. The molecule has 1 atom stereocenters. The summed E-state index contributed by atoms with van der Waals surface area (Å²) in [6.45, 7) is 4.85. The van der Waals surface area contributed by atoms with Crippen LogP contribution < -0.4 is 5.32 Å². The third-order valence-corrected chi connectivity index (χ3v) is 4.76. The number of carboxylic acid groups (broad SMARTS) is 1. The number of hydrogen-bond donors (Lipinski definition) is 3. The second-order valence-electron chi connectivity index (χ2n) is 6.91. The predicted molar refractivity (Wildman–Crippen MR) is 96.8 cm³/mol. The van der Waals surface area contributed by atoms with E-state index in [1.807, 2.05) is 32.0 Å². The fourth-order valence-electron chi connectivity index (χ4n) is 3.32. The minimum Gasteiger partial charge on any atom is -0.480 e. The maximum absolute atomic E-state index is 12.5. The number of urea groups is 1. The molecule has 0 fully saturated rings. The number of aliphatic carboxylic acids is 1. The Morgan fingerprint density at radius 3 is 2.84 bits per heavy atom. The van der Waals surface area contributed by atoms with Crippen molar-refractivity contribution in [1.82, 2.24) is 15.2 Å². The molecule has 0 radical (unpaired) electrons. The van der Waals surface area contributed by atoms with Crippen LogP contribution in [0.25, 0.3) is 10.9 Å². The fourth-order valence-corrected chi connectivity index (χ4v) is 3.49.